The van der Waals surface area contributed by atoms with Crippen LogP contribution < -0.4 is 10.2 Å². The van der Waals surface area contributed by atoms with Gasteiger partial charge >= 0.3 is 10.1 Å². The number of anilines is 2. The molecule has 0 fully saturated rings. The first-order chi connectivity index (χ1) is 14.9. The average Bonchev–Trinajstić information content (AvgIpc) is 3.04. The smallest absolute Gasteiger partial charge is 0.308 e. The van der Waals surface area contributed by atoms with Gasteiger partial charge in [0.2, 0.25) is 4.99 Å². The van der Waals surface area contributed by atoms with Crippen molar-refractivity contribution in [2.75, 3.05) is 17.3 Å². The third-order valence-electron chi connectivity index (χ3n) is 6.68. The standard InChI is InChI=1S/C25H44N2O3S/c1-3-4-5-6-7-8-9-10-11-12-13-14-15-16-19-22-25(31(28,29)30)26-23-20-17-18-21-24(23)27(25)2/h17-18,20-21,26H,3-16,19,22H2,1-2H3,(H,28,29,30). The molecule has 1 aromatic rings. The minimum Gasteiger partial charge on any atom is -0.346 e. The number of benzene rings is 1. The molecule has 1 aliphatic rings. The van der Waals surface area contributed by atoms with Crippen molar-refractivity contribution in [3.8, 4) is 0 Å². The van der Waals surface area contributed by atoms with Crippen LogP contribution in [0.25, 0.3) is 0 Å². The first-order valence-electron chi connectivity index (χ1n) is 12.5. The third kappa shape index (κ3) is 7.67. The van der Waals surface area contributed by atoms with Gasteiger partial charge in [0.25, 0.3) is 0 Å². The van der Waals surface area contributed by atoms with Gasteiger partial charge in [0.15, 0.2) is 0 Å². The van der Waals surface area contributed by atoms with Crippen molar-refractivity contribution in [2.45, 2.75) is 115 Å². The van der Waals surface area contributed by atoms with Gasteiger partial charge in [-0.2, -0.15) is 8.42 Å². The Bertz CT molecular complexity index is 738. The molecular weight excluding hydrogens is 408 g/mol. The molecule has 0 amide bonds. The summed E-state index contributed by atoms with van der Waals surface area (Å²) in [7, 11) is -2.55. The molecule has 0 aromatic heterocycles. The zero-order valence-electron chi connectivity index (χ0n) is 19.7. The van der Waals surface area contributed by atoms with Gasteiger partial charge in [-0.3, -0.25) is 4.55 Å². The Morgan fingerprint density at radius 2 is 1.26 bits per heavy atom. The molecule has 1 unspecified atom stereocenters. The maximum absolute atomic E-state index is 12.3. The Hall–Kier alpha value is -1.27. The monoisotopic (exact) mass is 452 g/mol. The van der Waals surface area contributed by atoms with E-state index in [2.05, 4.69) is 12.2 Å². The number of hydrogen-bond donors (Lipinski definition) is 2. The Labute approximate surface area is 190 Å². The minimum absolute atomic E-state index is 0.370. The van der Waals surface area contributed by atoms with Crippen LogP contribution in [0.2, 0.25) is 0 Å². The van der Waals surface area contributed by atoms with E-state index in [0.717, 1.165) is 30.6 Å². The Morgan fingerprint density at radius 3 is 1.71 bits per heavy atom. The summed E-state index contributed by atoms with van der Waals surface area (Å²) in [5, 5.41) is 3.08. The van der Waals surface area contributed by atoms with Gasteiger partial charge in [-0.15, -0.1) is 0 Å². The zero-order chi connectivity index (χ0) is 22.6. The molecule has 0 saturated carbocycles. The zero-order valence-corrected chi connectivity index (χ0v) is 20.6. The fourth-order valence-corrected chi connectivity index (χ4v) is 5.78. The predicted molar refractivity (Wildman–Crippen MR) is 132 cm³/mol. The van der Waals surface area contributed by atoms with E-state index in [4.69, 9.17) is 0 Å². The van der Waals surface area contributed by atoms with Gasteiger partial charge in [-0.25, -0.2) is 0 Å². The molecular formula is C25H44N2O3S. The SMILES string of the molecule is CCCCCCCCCCCCCCCCCC1(S(=O)(=O)O)Nc2ccccc2N1C. The molecule has 31 heavy (non-hydrogen) atoms. The van der Waals surface area contributed by atoms with Crippen LogP contribution in [0.4, 0.5) is 11.4 Å². The summed E-state index contributed by atoms with van der Waals surface area (Å²) in [6.45, 7) is 2.26. The summed E-state index contributed by atoms with van der Waals surface area (Å²) in [5.74, 6) is 0. The Balaban J connectivity index is 1.56. The predicted octanol–water partition coefficient (Wildman–Crippen LogP) is 7.35. The second-order valence-electron chi connectivity index (χ2n) is 9.16. The second kappa shape index (κ2) is 13.3. The maximum Gasteiger partial charge on any atom is 0.308 e. The molecule has 2 rings (SSSR count). The lowest BCUT2D eigenvalue weighted by atomic mass is 10.0. The number of para-hydroxylation sites is 2. The number of rotatable bonds is 17. The fourth-order valence-electron chi connectivity index (χ4n) is 4.69. The summed E-state index contributed by atoms with van der Waals surface area (Å²) >= 11 is 0. The molecule has 0 spiro atoms. The molecule has 2 N–H and O–H groups in total. The highest BCUT2D eigenvalue weighted by Crippen LogP contribution is 2.43. The van der Waals surface area contributed by atoms with Crippen LogP contribution in [-0.4, -0.2) is 25.0 Å². The lowest BCUT2D eigenvalue weighted by Crippen LogP contribution is -2.55. The lowest BCUT2D eigenvalue weighted by molar-refractivity contribution is 0.416. The number of fused-ring (bicyclic) bond motifs is 1. The van der Waals surface area contributed by atoms with Crippen LogP contribution in [0.5, 0.6) is 0 Å². The van der Waals surface area contributed by atoms with Crippen LogP contribution in [0.15, 0.2) is 24.3 Å². The van der Waals surface area contributed by atoms with Gasteiger partial charge < -0.3 is 10.2 Å². The minimum atomic E-state index is -4.29. The molecule has 1 heterocycles. The number of hydrogen-bond acceptors (Lipinski definition) is 4. The van der Waals surface area contributed by atoms with Crippen LogP contribution >= 0.6 is 0 Å². The lowest BCUT2D eigenvalue weighted by Gasteiger charge is -2.34. The van der Waals surface area contributed by atoms with Crippen molar-refractivity contribution in [3.05, 3.63) is 24.3 Å². The first-order valence-corrected chi connectivity index (χ1v) is 13.9. The molecule has 1 aromatic carbocycles. The van der Waals surface area contributed by atoms with Crippen LogP contribution in [0.1, 0.15) is 110 Å². The van der Waals surface area contributed by atoms with Crippen molar-refractivity contribution in [1.29, 1.82) is 0 Å². The molecule has 1 atom stereocenters. The normalized spacial score (nSPS) is 18.2. The van der Waals surface area contributed by atoms with Crippen LogP contribution in [0.3, 0.4) is 0 Å². The molecule has 0 radical (unpaired) electrons. The number of nitrogens with one attached hydrogen (secondary N) is 1. The second-order valence-corrected chi connectivity index (χ2v) is 10.8. The van der Waals surface area contributed by atoms with Crippen molar-refractivity contribution in [3.63, 3.8) is 0 Å². The number of unbranched alkanes of at least 4 members (excludes halogenated alkanes) is 14. The van der Waals surface area contributed by atoms with Gasteiger partial charge in [0.05, 0.1) is 11.4 Å². The molecule has 0 aliphatic carbocycles. The molecule has 178 valence electrons. The Kier molecular flexibility index (Phi) is 11.2. The highest BCUT2D eigenvalue weighted by Gasteiger charge is 2.51. The Morgan fingerprint density at radius 1 is 0.806 bits per heavy atom. The van der Waals surface area contributed by atoms with Crippen LogP contribution in [-0.2, 0) is 10.1 Å². The van der Waals surface area contributed by atoms with Crippen molar-refractivity contribution >= 4 is 21.5 Å². The molecule has 5 nitrogen and oxygen atoms in total. The van der Waals surface area contributed by atoms with Gasteiger partial charge in [-0.05, 0) is 18.6 Å². The quantitative estimate of drug-likeness (QED) is 0.191. The van der Waals surface area contributed by atoms with E-state index in [1.807, 2.05) is 24.3 Å². The van der Waals surface area contributed by atoms with Gasteiger partial charge in [0.1, 0.15) is 0 Å². The van der Waals surface area contributed by atoms with E-state index in [1.165, 1.54) is 77.0 Å². The summed E-state index contributed by atoms with van der Waals surface area (Å²) in [4.78, 5) is 0.217. The van der Waals surface area contributed by atoms with E-state index in [1.54, 1.807) is 11.9 Å². The van der Waals surface area contributed by atoms with Gasteiger partial charge in [0, 0.05) is 13.5 Å². The summed E-state index contributed by atoms with van der Waals surface area (Å²) in [6.07, 6.45) is 19.4. The van der Waals surface area contributed by atoms with E-state index in [-0.39, 0.29) is 0 Å². The largest absolute Gasteiger partial charge is 0.346 e. The van der Waals surface area contributed by atoms with E-state index >= 15 is 0 Å². The topological polar surface area (TPSA) is 69.6 Å². The molecule has 0 saturated heterocycles. The third-order valence-corrected chi connectivity index (χ3v) is 8.12. The first kappa shape index (κ1) is 26.0. The molecule has 6 heteroatoms. The maximum atomic E-state index is 12.3. The van der Waals surface area contributed by atoms with Crippen LogP contribution in [0, 0.1) is 0 Å². The average molecular weight is 453 g/mol. The highest BCUT2D eigenvalue weighted by molar-refractivity contribution is 7.87. The van der Waals surface area contributed by atoms with Crippen molar-refractivity contribution in [1.82, 2.24) is 0 Å². The van der Waals surface area contributed by atoms with E-state index in [9.17, 15) is 13.0 Å². The van der Waals surface area contributed by atoms with Crippen molar-refractivity contribution in [2.24, 2.45) is 0 Å². The van der Waals surface area contributed by atoms with E-state index < -0.39 is 15.1 Å². The summed E-state index contributed by atoms with van der Waals surface area (Å²) in [5.41, 5.74) is 1.56. The molecule has 1 aliphatic heterocycles. The fraction of sp³-hybridized carbons (Fsp3) is 0.760. The number of nitrogens with zero attached hydrogens (tertiary/aromatic N) is 1. The summed E-state index contributed by atoms with van der Waals surface area (Å²) in [6, 6.07) is 7.48. The van der Waals surface area contributed by atoms with Crippen molar-refractivity contribution < 1.29 is 13.0 Å². The summed E-state index contributed by atoms with van der Waals surface area (Å²) < 4.78 is 34.5. The van der Waals surface area contributed by atoms with E-state index in [0.29, 0.717) is 6.42 Å². The highest BCUT2D eigenvalue weighted by atomic mass is 32.2. The molecule has 0 bridgehead atoms. The van der Waals surface area contributed by atoms with Gasteiger partial charge in [-0.1, -0.05) is 109 Å².